The van der Waals surface area contributed by atoms with Gasteiger partial charge in [-0.15, -0.1) is 0 Å². The average molecular weight is 344 g/mol. The predicted molar refractivity (Wildman–Crippen MR) is 82.6 cm³/mol. The van der Waals surface area contributed by atoms with Gasteiger partial charge in [0.15, 0.2) is 0 Å². The summed E-state index contributed by atoms with van der Waals surface area (Å²) in [5.41, 5.74) is 1.38. The molecule has 1 unspecified atom stereocenters. The second-order valence-corrected chi connectivity index (χ2v) is 6.03. The Morgan fingerprint density at radius 3 is 3.12 bits per heavy atom. The van der Waals surface area contributed by atoms with E-state index in [1.807, 2.05) is 0 Å². The third-order valence-electron chi connectivity index (χ3n) is 3.32. The largest absolute Gasteiger partial charge is 0.371 e. The van der Waals surface area contributed by atoms with Crippen LogP contribution in [0.4, 0.5) is 5.69 Å². The molecule has 2 nitrogen and oxygen atoms in total. The highest BCUT2D eigenvalue weighted by Gasteiger charge is 2.22. The van der Waals surface area contributed by atoms with Gasteiger partial charge in [0, 0.05) is 22.3 Å². The average Bonchev–Trinajstić information content (AvgIpc) is 2.78. The number of benzene rings is 1. The molecule has 0 aromatic heterocycles. The zero-order valence-corrected chi connectivity index (χ0v) is 12.6. The number of hydrogen-bond acceptors (Lipinski definition) is 2. The van der Waals surface area contributed by atoms with Gasteiger partial charge in [0.1, 0.15) is 0 Å². The molecule has 0 spiro atoms. The molecule has 3 heteroatoms. The fourth-order valence-corrected chi connectivity index (χ4v) is 2.92. The summed E-state index contributed by atoms with van der Waals surface area (Å²) in [5.74, 6) is 0.819. The quantitative estimate of drug-likeness (QED) is 0.652. The van der Waals surface area contributed by atoms with Gasteiger partial charge in [-0.3, -0.25) is 0 Å². The van der Waals surface area contributed by atoms with Crippen molar-refractivity contribution in [1.82, 2.24) is 5.32 Å². The molecule has 1 aromatic rings. The summed E-state index contributed by atoms with van der Waals surface area (Å²) in [7, 11) is 0. The maximum atomic E-state index is 3.53. The number of halogens is 1. The minimum absolute atomic E-state index is 0.819. The molecule has 2 rings (SSSR count). The van der Waals surface area contributed by atoms with Crippen LogP contribution in [0, 0.1) is 9.49 Å². The number of nitrogens with zero attached hydrogens (tertiary/aromatic N) is 1. The molecular weight excluding hydrogens is 323 g/mol. The molecule has 17 heavy (non-hydrogen) atoms. The molecule has 0 radical (unpaired) electrons. The molecule has 0 saturated carbocycles. The van der Waals surface area contributed by atoms with Crippen molar-refractivity contribution < 1.29 is 0 Å². The molecule has 1 atom stereocenters. The van der Waals surface area contributed by atoms with Gasteiger partial charge in [-0.2, -0.15) is 0 Å². The number of nitrogens with one attached hydrogen (secondary N) is 1. The van der Waals surface area contributed by atoms with Crippen molar-refractivity contribution in [3.63, 3.8) is 0 Å². The lowest BCUT2D eigenvalue weighted by molar-refractivity contribution is 0.516. The van der Waals surface area contributed by atoms with Crippen LogP contribution in [-0.2, 0) is 0 Å². The van der Waals surface area contributed by atoms with E-state index in [4.69, 9.17) is 0 Å². The third kappa shape index (κ3) is 3.85. The zero-order chi connectivity index (χ0) is 12.1. The van der Waals surface area contributed by atoms with E-state index in [2.05, 4.69) is 64.0 Å². The predicted octanol–water partition coefficient (Wildman–Crippen LogP) is 3.12. The molecule has 1 N–H and O–H groups in total. The second-order valence-electron chi connectivity index (χ2n) is 4.78. The lowest BCUT2D eigenvalue weighted by Crippen LogP contribution is -2.26. The first-order valence-electron chi connectivity index (χ1n) is 6.51. The van der Waals surface area contributed by atoms with Crippen molar-refractivity contribution in [1.29, 1.82) is 0 Å². The van der Waals surface area contributed by atoms with E-state index in [0.29, 0.717) is 0 Å². The van der Waals surface area contributed by atoms with Crippen molar-refractivity contribution >= 4 is 28.3 Å². The lowest BCUT2D eigenvalue weighted by atomic mass is 10.1. The van der Waals surface area contributed by atoms with Crippen molar-refractivity contribution in [3.8, 4) is 0 Å². The smallest absolute Gasteiger partial charge is 0.0376 e. The van der Waals surface area contributed by atoms with Gasteiger partial charge in [0.25, 0.3) is 0 Å². The molecule has 1 heterocycles. The van der Waals surface area contributed by atoms with Gasteiger partial charge in [-0.05, 0) is 72.6 Å². The second kappa shape index (κ2) is 6.59. The highest BCUT2D eigenvalue weighted by Crippen LogP contribution is 2.24. The van der Waals surface area contributed by atoms with Crippen LogP contribution < -0.4 is 10.2 Å². The van der Waals surface area contributed by atoms with E-state index in [0.717, 1.165) is 12.5 Å². The first kappa shape index (κ1) is 13.1. The monoisotopic (exact) mass is 344 g/mol. The number of rotatable bonds is 5. The van der Waals surface area contributed by atoms with Crippen LogP contribution >= 0.6 is 22.6 Å². The molecule has 1 aromatic carbocycles. The Hall–Kier alpha value is -0.290. The Bertz CT molecular complexity index is 354. The summed E-state index contributed by atoms with van der Waals surface area (Å²) in [6.07, 6.45) is 2.55. The topological polar surface area (TPSA) is 15.3 Å². The van der Waals surface area contributed by atoms with E-state index in [1.165, 1.54) is 41.7 Å². The third-order valence-corrected chi connectivity index (χ3v) is 3.99. The van der Waals surface area contributed by atoms with Gasteiger partial charge in [0.05, 0.1) is 0 Å². The standard InChI is InChI=1S/C14H21IN2/c1-2-7-16-10-12-6-8-17(11-12)14-5-3-4-13(15)9-14/h3-5,9,12,16H,2,6-8,10-11H2,1H3. The summed E-state index contributed by atoms with van der Waals surface area (Å²) in [4.78, 5) is 2.51. The molecule has 94 valence electrons. The first-order valence-corrected chi connectivity index (χ1v) is 7.58. The maximum absolute atomic E-state index is 3.53. The molecule has 0 amide bonds. The summed E-state index contributed by atoms with van der Waals surface area (Å²) in [6, 6.07) is 8.81. The van der Waals surface area contributed by atoms with Crippen LogP contribution in [0.25, 0.3) is 0 Å². The van der Waals surface area contributed by atoms with Gasteiger partial charge < -0.3 is 10.2 Å². The van der Waals surface area contributed by atoms with E-state index < -0.39 is 0 Å². The van der Waals surface area contributed by atoms with E-state index in [-0.39, 0.29) is 0 Å². The molecular formula is C14H21IN2. The fraction of sp³-hybridized carbons (Fsp3) is 0.571. The SMILES string of the molecule is CCCNCC1CCN(c2cccc(I)c2)C1. The number of hydrogen-bond donors (Lipinski definition) is 1. The van der Waals surface area contributed by atoms with Gasteiger partial charge >= 0.3 is 0 Å². The van der Waals surface area contributed by atoms with Gasteiger partial charge in [0.2, 0.25) is 0 Å². The minimum Gasteiger partial charge on any atom is -0.371 e. The van der Waals surface area contributed by atoms with Crippen molar-refractivity contribution in [2.75, 3.05) is 31.1 Å². The van der Waals surface area contributed by atoms with Gasteiger partial charge in [-0.25, -0.2) is 0 Å². The van der Waals surface area contributed by atoms with Crippen LogP contribution in [-0.4, -0.2) is 26.2 Å². The van der Waals surface area contributed by atoms with Crippen LogP contribution in [0.5, 0.6) is 0 Å². The highest BCUT2D eigenvalue weighted by atomic mass is 127. The van der Waals surface area contributed by atoms with Gasteiger partial charge in [-0.1, -0.05) is 13.0 Å². The van der Waals surface area contributed by atoms with Crippen LogP contribution in [0.2, 0.25) is 0 Å². The Kier molecular flexibility index (Phi) is 5.10. The van der Waals surface area contributed by atoms with Crippen molar-refractivity contribution in [2.45, 2.75) is 19.8 Å². The van der Waals surface area contributed by atoms with Crippen LogP contribution in [0.1, 0.15) is 19.8 Å². The normalized spacial score (nSPS) is 19.9. The minimum atomic E-state index is 0.819. The Morgan fingerprint density at radius 1 is 1.47 bits per heavy atom. The zero-order valence-electron chi connectivity index (χ0n) is 10.5. The Labute approximate surface area is 118 Å². The fourth-order valence-electron chi connectivity index (χ4n) is 2.39. The molecule has 0 bridgehead atoms. The Morgan fingerprint density at radius 2 is 2.35 bits per heavy atom. The first-order chi connectivity index (χ1) is 8.29. The number of anilines is 1. The van der Waals surface area contributed by atoms with Crippen LogP contribution in [0.3, 0.4) is 0 Å². The molecule has 1 saturated heterocycles. The van der Waals surface area contributed by atoms with Crippen LogP contribution in [0.15, 0.2) is 24.3 Å². The van der Waals surface area contributed by atoms with Crippen molar-refractivity contribution in [2.24, 2.45) is 5.92 Å². The van der Waals surface area contributed by atoms with Crippen molar-refractivity contribution in [3.05, 3.63) is 27.8 Å². The molecule has 0 aliphatic carbocycles. The summed E-state index contributed by atoms with van der Waals surface area (Å²) >= 11 is 2.39. The maximum Gasteiger partial charge on any atom is 0.0376 e. The summed E-state index contributed by atoms with van der Waals surface area (Å²) in [5, 5.41) is 3.53. The molecule has 1 aliphatic rings. The molecule has 1 aliphatic heterocycles. The highest BCUT2D eigenvalue weighted by molar-refractivity contribution is 14.1. The Balaban J connectivity index is 1.85. The summed E-state index contributed by atoms with van der Waals surface area (Å²) < 4.78 is 1.33. The summed E-state index contributed by atoms with van der Waals surface area (Å²) in [6.45, 7) is 6.96. The molecule has 1 fully saturated rings. The van der Waals surface area contributed by atoms with E-state index in [9.17, 15) is 0 Å². The van der Waals surface area contributed by atoms with E-state index in [1.54, 1.807) is 0 Å². The lowest BCUT2D eigenvalue weighted by Gasteiger charge is -2.19. The van der Waals surface area contributed by atoms with E-state index >= 15 is 0 Å².